The molecule has 1 N–H and O–H groups in total. The van der Waals surface area contributed by atoms with Gasteiger partial charge in [-0.05, 0) is 47.9 Å². The second-order valence-corrected chi connectivity index (χ2v) is 4.29. The second-order valence-electron chi connectivity index (χ2n) is 3.85. The lowest BCUT2D eigenvalue weighted by molar-refractivity contribution is 0.112. The van der Waals surface area contributed by atoms with E-state index in [2.05, 4.69) is 0 Å². The normalized spacial score (nSPS) is 10.2. The van der Waals surface area contributed by atoms with E-state index in [-0.39, 0.29) is 5.75 Å². The van der Waals surface area contributed by atoms with Crippen molar-refractivity contribution < 1.29 is 9.90 Å². The van der Waals surface area contributed by atoms with Crippen molar-refractivity contribution >= 4 is 17.9 Å². The Morgan fingerprint density at radius 1 is 1.18 bits per heavy atom. The van der Waals surface area contributed by atoms with Gasteiger partial charge in [0.2, 0.25) is 0 Å². The van der Waals surface area contributed by atoms with Gasteiger partial charge in [-0.2, -0.15) is 0 Å². The largest absolute Gasteiger partial charge is 0.507 e. The van der Waals surface area contributed by atoms with Gasteiger partial charge in [0.05, 0.1) is 5.56 Å². The molecule has 0 heterocycles. The summed E-state index contributed by atoms with van der Waals surface area (Å²) in [6.07, 6.45) is 0.633. The highest BCUT2D eigenvalue weighted by Gasteiger charge is 2.06. The summed E-state index contributed by atoms with van der Waals surface area (Å²) >= 11 is 5.89. The fourth-order valence-electron chi connectivity index (χ4n) is 1.76. The van der Waals surface area contributed by atoms with Crippen LogP contribution in [-0.2, 0) is 0 Å². The molecule has 0 aliphatic rings. The maximum absolute atomic E-state index is 10.6. The summed E-state index contributed by atoms with van der Waals surface area (Å²) in [6.45, 7) is 1.95. The minimum atomic E-state index is -0.00755. The van der Waals surface area contributed by atoms with Gasteiger partial charge in [-0.15, -0.1) is 0 Å². The summed E-state index contributed by atoms with van der Waals surface area (Å²) in [6, 6.07) is 10.6. The summed E-state index contributed by atoms with van der Waals surface area (Å²) in [5.74, 6) is -0.00755. The number of halogens is 1. The lowest BCUT2D eigenvalue weighted by Crippen LogP contribution is -1.86. The molecule has 0 spiro atoms. The van der Waals surface area contributed by atoms with E-state index in [1.54, 1.807) is 24.3 Å². The van der Waals surface area contributed by atoms with E-state index >= 15 is 0 Å². The van der Waals surface area contributed by atoms with Crippen LogP contribution in [0.5, 0.6) is 5.75 Å². The van der Waals surface area contributed by atoms with Gasteiger partial charge in [-0.25, -0.2) is 0 Å². The number of benzene rings is 2. The first-order valence-corrected chi connectivity index (χ1v) is 5.54. The minimum absolute atomic E-state index is 0.00755. The molecule has 0 bridgehead atoms. The van der Waals surface area contributed by atoms with E-state index in [0.717, 1.165) is 16.7 Å². The number of carbonyl (C=O) groups excluding carboxylic acids is 1. The van der Waals surface area contributed by atoms with Crippen LogP contribution in [0.4, 0.5) is 0 Å². The van der Waals surface area contributed by atoms with Crippen LogP contribution in [0.25, 0.3) is 11.1 Å². The van der Waals surface area contributed by atoms with Crippen molar-refractivity contribution in [3.05, 3.63) is 52.5 Å². The molecule has 17 heavy (non-hydrogen) atoms. The number of aryl methyl sites for hydroxylation is 1. The smallest absolute Gasteiger partial charge is 0.153 e. The van der Waals surface area contributed by atoms with Crippen molar-refractivity contribution in [2.45, 2.75) is 6.92 Å². The molecule has 0 radical (unpaired) electrons. The molecule has 2 rings (SSSR count). The number of aromatic hydroxyl groups is 1. The van der Waals surface area contributed by atoms with Gasteiger partial charge in [-0.1, -0.05) is 23.7 Å². The lowest BCUT2D eigenvalue weighted by atomic mass is 9.99. The first-order chi connectivity index (χ1) is 8.11. The fraction of sp³-hybridized carbons (Fsp3) is 0.0714. The predicted molar refractivity (Wildman–Crippen MR) is 68.7 cm³/mol. The maximum atomic E-state index is 10.6. The standard InChI is InChI=1S/C14H11ClO2/c1-9-6-12(15)4-5-13(9)10-2-3-11(8-16)14(17)7-10/h2-8,17H,1H3. The van der Waals surface area contributed by atoms with Crippen LogP contribution in [0.3, 0.4) is 0 Å². The molecule has 0 amide bonds. The van der Waals surface area contributed by atoms with E-state index < -0.39 is 0 Å². The highest BCUT2D eigenvalue weighted by molar-refractivity contribution is 6.30. The van der Waals surface area contributed by atoms with Gasteiger partial charge in [0.25, 0.3) is 0 Å². The van der Waals surface area contributed by atoms with Gasteiger partial charge in [-0.3, -0.25) is 4.79 Å². The van der Waals surface area contributed by atoms with Crippen molar-refractivity contribution in [1.29, 1.82) is 0 Å². The molecule has 0 saturated carbocycles. The van der Waals surface area contributed by atoms with Crippen LogP contribution in [-0.4, -0.2) is 11.4 Å². The average molecular weight is 247 g/mol. The highest BCUT2D eigenvalue weighted by atomic mass is 35.5. The van der Waals surface area contributed by atoms with Crippen LogP contribution in [0.1, 0.15) is 15.9 Å². The Hall–Kier alpha value is -1.80. The van der Waals surface area contributed by atoms with Gasteiger partial charge in [0.15, 0.2) is 6.29 Å². The first kappa shape index (κ1) is 11.7. The summed E-state index contributed by atoms with van der Waals surface area (Å²) in [5, 5.41) is 10.3. The molecular weight excluding hydrogens is 236 g/mol. The first-order valence-electron chi connectivity index (χ1n) is 5.16. The molecule has 0 saturated heterocycles. The Kier molecular flexibility index (Phi) is 3.16. The van der Waals surface area contributed by atoms with Crippen LogP contribution in [0.2, 0.25) is 5.02 Å². The highest BCUT2D eigenvalue weighted by Crippen LogP contribution is 2.29. The Morgan fingerprint density at radius 2 is 1.94 bits per heavy atom. The Bertz CT molecular complexity index is 576. The van der Waals surface area contributed by atoms with Gasteiger partial charge in [0.1, 0.15) is 5.75 Å². The molecule has 2 aromatic rings. The number of hydrogen-bond acceptors (Lipinski definition) is 2. The third-order valence-electron chi connectivity index (χ3n) is 2.66. The van der Waals surface area contributed by atoms with Crippen LogP contribution >= 0.6 is 11.6 Å². The van der Waals surface area contributed by atoms with Crippen LogP contribution in [0, 0.1) is 6.92 Å². The number of phenolic OH excluding ortho intramolecular Hbond substituents is 1. The van der Waals surface area contributed by atoms with E-state index in [0.29, 0.717) is 16.9 Å². The van der Waals surface area contributed by atoms with Crippen molar-refractivity contribution in [3.63, 3.8) is 0 Å². The molecule has 86 valence electrons. The van der Waals surface area contributed by atoms with Crippen molar-refractivity contribution in [2.75, 3.05) is 0 Å². The SMILES string of the molecule is Cc1cc(Cl)ccc1-c1ccc(C=O)c(O)c1. The zero-order chi connectivity index (χ0) is 12.4. The third-order valence-corrected chi connectivity index (χ3v) is 2.89. The molecule has 0 unspecified atom stereocenters. The summed E-state index contributed by atoms with van der Waals surface area (Å²) in [7, 11) is 0. The second kappa shape index (κ2) is 4.60. The maximum Gasteiger partial charge on any atom is 0.153 e. The number of rotatable bonds is 2. The van der Waals surface area contributed by atoms with Crippen molar-refractivity contribution in [2.24, 2.45) is 0 Å². The number of phenols is 1. The Balaban J connectivity index is 2.53. The molecule has 0 aliphatic carbocycles. The number of hydrogen-bond donors (Lipinski definition) is 1. The van der Waals surface area contributed by atoms with E-state index in [1.165, 1.54) is 0 Å². The van der Waals surface area contributed by atoms with E-state index in [9.17, 15) is 9.90 Å². The molecule has 2 aromatic carbocycles. The summed E-state index contributed by atoms with van der Waals surface area (Å²) in [5.41, 5.74) is 3.17. The van der Waals surface area contributed by atoms with E-state index in [1.807, 2.05) is 19.1 Å². The molecule has 3 heteroatoms. The fourth-order valence-corrected chi connectivity index (χ4v) is 1.99. The van der Waals surface area contributed by atoms with Crippen molar-refractivity contribution in [3.8, 4) is 16.9 Å². The summed E-state index contributed by atoms with van der Waals surface area (Å²) < 4.78 is 0. The molecule has 0 aliphatic heterocycles. The quantitative estimate of drug-likeness (QED) is 0.818. The van der Waals surface area contributed by atoms with E-state index in [4.69, 9.17) is 11.6 Å². The molecule has 0 aromatic heterocycles. The average Bonchev–Trinajstić information content (AvgIpc) is 2.29. The Labute approximate surface area is 104 Å². The molecular formula is C14H11ClO2. The van der Waals surface area contributed by atoms with Crippen molar-refractivity contribution in [1.82, 2.24) is 0 Å². The Morgan fingerprint density at radius 3 is 2.53 bits per heavy atom. The molecule has 2 nitrogen and oxygen atoms in total. The number of aldehydes is 1. The van der Waals surface area contributed by atoms with Crippen LogP contribution in [0.15, 0.2) is 36.4 Å². The van der Waals surface area contributed by atoms with Gasteiger partial charge < -0.3 is 5.11 Å². The number of carbonyl (C=O) groups is 1. The predicted octanol–water partition coefficient (Wildman–Crippen LogP) is 3.83. The molecule has 0 atom stereocenters. The third kappa shape index (κ3) is 2.32. The van der Waals surface area contributed by atoms with Gasteiger partial charge in [0, 0.05) is 5.02 Å². The van der Waals surface area contributed by atoms with Crippen LogP contribution < -0.4 is 0 Å². The lowest BCUT2D eigenvalue weighted by Gasteiger charge is -2.07. The topological polar surface area (TPSA) is 37.3 Å². The van der Waals surface area contributed by atoms with Gasteiger partial charge >= 0.3 is 0 Å². The molecule has 0 fully saturated rings. The monoisotopic (exact) mass is 246 g/mol. The zero-order valence-corrected chi connectivity index (χ0v) is 10.0. The minimum Gasteiger partial charge on any atom is -0.507 e. The summed E-state index contributed by atoms with van der Waals surface area (Å²) in [4.78, 5) is 10.6. The zero-order valence-electron chi connectivity index (χ0n) is 9.27.